The first-order valence-corrected chi connectivity index (χ1v) is 4.58. The summed E-state index contributed by atoms with van der Waals surface area (Å²) in [5.41, 5.74) is 6.78. The van der Waals surface area contributed by atoms with Gasteiger partial charge in [0.25, 0.3) is 0 Å². The lowest BCUT2D eigenvalue weighted by atomic mass is 10.0. The number of aliphatic hydroxyl groups excluding tert-OH is 1. The summed E-state index contributed by atoms with van der Waals surface area (Å²) in [5.74, 6) is 1.45. The first kappa shape index (κ1) is 9.30. The summed E-state index contributed by atoms with van der Waals surface area (Å²) in [6.07, 6.45) is 0.528. The smallest absolute Gasteiger partial charge is 0.231 e. The predicted molar refractivity (Wildman–Crippen MR) is 51.2 cm³/mol. The van der Waals surface area contributed by atoms with Gasteiger partial charge in [-0.3, -0.25) is 0 Å². The van der Waals surface area contributed by atoms with Crippen LogP contribution < -0.4 is 15.2 Å². The molecule has 4 nitrogen and oxygen atoms in total. The highest BCUT2D eigenvalue weighted by Crippen LogP contribution is 2.38. The fourth-order valence-corrected chi connectivity index (χ4v) is 1.54. The molecule has 76 valence electrons. The third kappa shape index (κ3) is 1.54. The molecule has 1 unspecified atom stereocenters. The van der Waals surface area contributed by atoms with E-state index in [1.165, 1.54) is 0 Å². The van der Waals surface area contributed by atoms with Crippen molar-refractivity contribution in [2.24, 2.45) is 5.73 Å². The van der Waals surface area contributed by atoms with Gasteiger partial charge in [-0.15, -0.1) is 0 Å². The number of rotatable bonds is 3. The van der Waals surface area contributed by atoms with Crippen LogP contribution in [0.25, 0.3) is 0 Å². The van der Waals surface area contributed by atoms with Gasteiger partial charge in [0.1, 0.15) is 0 Å². The summed E-state index contributed by atoms with van der Waals surface area (Å²) >= 11 is 0. The van der Waals surface area contributed by atoms with Gasteiger partial charge in [0.05, 0.1) is 0 Å². The minimum atomic E-state index is -0.198. The molecule has 4 heteroatoms. The van der Waals surface area contributed by atoms with Gasteiger partial charge in [-0.05, 0) is 12.5 Å². The average Bonchev–Trinajstić information content (AvgIpc) is 2.65. The first-order chi connectivity index (χ1) is 6.83. The van der Waals surface area contributed by atoms with Gasteiger partial charge in [-0.1, -0.05) is 12.1 Å². The second-order valence-corrected chi connectivity index (χ2v) is 3.20. The maximum Gasteiger partial charge on any atom is 0.231 e. The molecule has 1 aliphatic rings. The molecule has 0 radical (unpaired) electrons. The van der Waals surface area contributed by atoms with Crippen LogP contribution in [0.1, 0.15) is 18.0 Å². The summed E-state index contributed by atoms with van der Waals surface area (Å²) in [5, 5.41) is 8.79. The van der Waals surface area contributed by atoms with Crippen molar-refractivity contribution >= 4 is 0 Å². The number of nitrogens with two attached hydrogens (primary N) is 1. The lowest BCUT2D eigenvalue weighted by molar-refractivity contribution is 0.172. The highest BCUT2D eigenvalue weighted by molar-refractivity contribution is 5.49. The van der Waals surface area contributed by atoms with Crippen molar-refractivity contribution in [3.63, 3.8) is 0 Å². The fraction of sp³-hybridized carbons (Fsp3) is 0.400. The molecule has 0 fully saturated rings. The zero-order valence-electron chi connectivity index (χ0n) is 7.77. The number of ether oxygens (including phenoxy) is 2. The van der Waals surface area contributed by atoms with Crippen molar-refractivity contribution in [1.82, 2.24) is 0 Å². The molecule has 0 saturated carbocycles. The quantitative estimate of drug-likeness (QED) is 0.748. The maximum atomic E-state index is 8.79. The summed E-state index contributed by atoms with van der Waals surface area (Å²) < 4.78 is 10.5. The largest absolute Gasteiger partial charge is 0.454 e. The molecule has 0 spiro atoms. The maximum absolute atomic E-state index is 8.79. The van der Waals surface area contributed by atoms with Crippen LogP contribution in [0.2, 0.25) is 0 Å². The first-order valence-electron chi connectivity index (χ1n) is 4.58. The van der Waals surface area contributed by atoms with Crippen LogP contribution in [0.3, 0.4) is 0 Å². The summed E-state index contributed by atoms with van der Waals surface area (Å²) in [6.45, 7) is 0.323. The zero-order chi connectivity index (χ0) is 9.97. The van der Waals surface area contributed by atoms with Crippen LogP contribution in [0.5, 0.6) is 11.5 Å². The highest BCUT2D eigenvalue weighted by atomic mass is 16.7. The van der Waals surface area contributed by atoms with Crippen molar-refractivity contribution in [2.75, 3.05) is 13.4 Å². The molecule has 0 saturated heterocycles. The van der Waals surface area contributed by atoms with E-state index in [1.54, 1.807) is 0 Å². The molecule has 0 amide bonds. The molecule has 1 heterocycles. The molecule has 1 aromatic carbocycles. The zero-order valence-corrected chi connectivity index (χ0v) is 7.77. The third-order valence-corrected chi connectivity index (χ3v) is 2.27. The number of hydrogen-bond donors (Lipinski definition) is 2. The minimum absolute atomic E-state index is 0.0751. The standard InChI is InChI=1S/C10H13NO3/c11-8(4-5-12)7-2-1-3-9-10(7)14-6-13-9/h1-3,8,12H,4-6,11H2. The molecule has 0 aliphatic carbocycles. The molecule has 1 aromatic rings. The Kier molecular flexibility index (Phi) is 2.56. The van der Waals surface area contributed by atoms with Gasteiger partial charge >= 0.3 is 0 Å². The van der Waals surface area contributed by atoms with Crippen molar-refractivity contribution in [2.45, 2.75) is 12.5 Å². The Balaban J connectivity index is 2.29. The van der Waals surface area contributed by atoms with E-state index >= 15 is 0 Å². The van der Waals surface area contributed by atoms with Gasteiger partial charge in [0, 0.05) is 18.2 Å². The number of benzene rings is 1. The molecule has 0 aromatic heterocycles. The molecule has 3 N–H and O–H groups in total. The van der Waals surface area contributed by atoms with Gasteiger partial charge in [0.2, 0.25) is 6.79 Å². The lowest BCUT2D eigenvalue weighted by Gasteiger charge is -2.12. The van der Waals surface area contributed by atoms with Crippen LogP contribution in [0, 0.1) is 0 Å². The van der Waals surface area contributed by atoms with Gasteiger partial charge in [0.15, 0.2) is 11.5 Å². The molecule has 1 aliphatic heterocycles. The van der Waals surface area contributed by atoms with E-state index in [0.29, 0.717) is 12.2 Å². The summed E-state index contributed by atoms with van der Waals surface area (Å²) in [7, 11) is 0. The van der Waals surface area contributed by atoms with Crippen LogP contribution in [-0.2, 0) is 0 Å². The van der Waals surface area contributed by atoms with Crippen LogP contribution in [0.4, 0.5) is 0 Å². The topological polar surface area (TPSA) is 64.7 Å². The SMILES string of the molecule is NC(CCO)c1cccc2c1OCO2. The second-order valence-electron chi connectivity index (χ2n) is 3.20. The van der Waals surface area contributed by atoms with E-state index in [4.69, 9.17) is 20.3 Å². The van der Waals surface area contributed by atoms with Crippen molar-refractivity contribution in [1.29, 1.82) is 0 Å². The Labute approximate surface area is 82.2 Å². The van der Waals surface area contributed by atoms with E-state index in [0.717, 1.165) is 11.3 Å². The van der Waals surface area contributed by atoms with Crippen LogP contribution >= 0.6 is 0 Å². The Morgan fingerprint density at radius 3 is 3.07 bits per heavy atom. The number of para-hydroxylation sites is 1. The molecule has 14 heavy (non-hydrogen) atoms. The van der Waals surface area contributed by atoms with E-state index in [2.05, 4.69) is 0 Å². The average molecular weight is 195 g/mol. The second kappa shape index (κ2) is 3.86. The number of hydrogen-bond acceptors (Lipinski definition) is 4. The summed E-state index contributed by atoms with van der Waals surface area (Å²) in [6, 6.07) is 5.42. The van der Waals surface area contributed by atoms with E-state index in [9.17, 15) is 0 Å². The monoisotopic (exact) mass is 195 g/mol. The normalized spacial score (nSPS) is 15.6. The van der Waals surface area contributed by atoms with Gasteiger partial charge in [-0.25, -0.2) is 0 Å². The van der Waals surface area contributed by atoms with Gasteiger partial charge < -0.3 is 20.3 Å². The van der Waals surface area contributed by atoms with Crippen LogP contribution in [0.15, 0.2) is 18.2 Å². The Bertz CT molecular complexity index is 327. The number of aliphatic hydroxyl groups is 1. The van der Waals surface area contributed by atoms with E-state index in [-0.39, 0.29) is 19.4 Å². The molecular weight excluding hydrogens is 182 g/mol. The van der Waals surface area contributed by atoms with Crippen molar-refractivity contribution in [3.05, 3.63) is 23.8 Å². The predicted octanol–water partition coefficient (Wildman–Crippen LogP) is 0.797. The lowest BCUT2D eigenvalue weighted by Crippen LogP contribution is -2.12. The molecule has 0 bridgehead atoms. The molecule has 2 rings (SSSR count). The minimum Gasteiger partial charge on any atom is -0.454 e. The van der Waals surface area contributed by atoms with Gasteiger partial charge in [-0.2, -0.15) is 0 Å². The Morgan fingerprint density at radius 1 is 1.43 bits per heavy atom. The molecule has 1 atom stereocenters. The van der Waals surface area contributed by atoms with Crippen molar-refractivity contribution in [3.8, 4) is 11.5 Å². The van der Waals surface area contributed by atoms with E-state index in [1.807, 2.05) is 18.2 Å². The Morgan fingerprint density at radius 2 is 2.29 bits per heavy atom. The van der Waals surface area contributed by atoms with E-state index < -0.39 is 0 Å². The third-order valence-electron chi connectivity index (χ3n) is 2.27. The fourth-order valence-electron chi connectivity index (χ4n) is 1.54. The summed E-state index contributed by atoms with van der Waals surface area (Å²) in [4.78, 5) is 0. The Hall–Kier alpha value is -1.26. The number of fused-ring (bicyclic) bond motifs is 1. The highest BCUT2D eigenvalue weighted by Gasteiger charge is 2.20. The van der Waals surface area contributed by atoms with Crippen LogP contribution in [-0.4, -0.2) is 18.5 Å². The van der Waals surface area contributed by atoms with Crippen molar-refractivity contribution < 1.29 is 14.6 Å². The molecular formula is C10H13NO3.